The van der Waals surface area contributed by atoms with Crippen molar-refractivity contribution in [2.24, 2.45) is 0 Å². The van der Waals surface area contributed by atoms with Gasteiger partial charge >= 0.3 is 17.9 Å². The second kappa shape index (κ2) is 11.8. The van der Waals surface area contributed by atoms with Crippen LogP contribution in [-0.4, -0.2) is 37.2 Å². The van der Waals surface area contributed by atoms with Crippen molar-refractivity contribution in [1.82, 2.24) is 0 Å². The molecule has 0 aliphatic rings. The number of ether oxygens (including phenoxy) is 3. The molecule has 0 spiro atoms. The lowest BCUT2D eigenvalue weighted by Crippen LogP contribution is -2.19. The van der Waals surface area contributed by atoms with Gasteiger partial charge in [-0.25, -0.2) is 9.59 Å². The summed E-state index contributed by atoms with van der Waals surface area (Å²) in [6.07, 6.45) is 3.40. The third-order valence-electron chi connectivity index (χ3n) is 2.60. The van der Waals surface area contributed by atoms with Crippen molar-refractivity contribution in [2.75, 3.05) is 13.2 Å². The Morgan fingerprint density at radius 3 is 2.27 bits per heavy atom. The standard InChI is InChI=1S/C16H26O6/c1-5-6-7-8-9-20-15(18)11-21-14(17)10-13(4)16(19)22-12(2)3/h12H,4-11H2,1-3H3. The molecule has 0 radical (unpaired) electrons. The van der Waals surface area contributed by atoms with Gasteiger partial charge in [-0.05, 0) is 20.3 Å². The molecule has 22 heavy (non-hydrogen) atoms. The molecular weight excluding hydrogens is 288 g/mol. The van der Waals surface area contributed by atoms with E-state index in [0.717, 1.165) is 25.7 Å². The molecule has 0 N–H and O–H groups in total. The first kappa shape index (κ1) is 20.1. The van der Waals surface area contributed by atoms with Gasteiger partial charge in [-0.1, -0.05) is 32.8 Å². The SMILES string of the molecule is C=C(CC(=O)OCC(=O)OCCCCCC)C(=O)OC(C)C. The van der Waals surface area contributed by atoms with Crippen LogP contribution in [0.3, 0.4) is 0 Å². The quantitative estimate of drug-likeness (QED) is 0.252. The second-order valence-corrected chi connectivity index (χ2v) is 5.18. The first-order valence-corrected chi connectivity index (χ1v) is 7.56. The average Bonchev–Trinajstić information content (AvgIpc) is 2.44. The lowest BCUT2D eigenvalue weighted by atomic mass is 10.2. The summed E-state index contributed by atoms with van der Waals surface area (Å²) in [5.74, 6) is -1.96. The first-order valence-electron chi connectivity index (χ1n) is 7.56. The lowest BCUT2D eigenvalue weighted by molar-refractivity contribution is -0.158. The lowest BCUT2D eigenvalue weighted by Gasteiger charge is -2.09. The number of carbonyl (C=O) groups excluding carboxylic acids is 3. The van der Waals surface area contributed by atoms with Crippen LogP contribution in [-0.2, 0) is 28.6 Å². The van der Waals surface area contributed by atoms with E-state index in [1.807, 2.05) is 0 Å². The fourth-order valence-electron chi connectivity index (χ4n) is 1.49. The van der Waals surface area contributed by atoms with E-state index in [2.05, 4.69) is 13.5 Å². The van der Waals surface area contributed by atoms with E-state index < -0.39 is 24.5 Å². The van der Waals surface area contributed by atoms with Crippen molar-refractivity contribution in [3.63, 3.8) is 0 Å². The van der Waals surface area contributed by atoms with E-state index in [9.17, 15) is 14.4 Å². The Morgan fingerprint density at radius 2 is 1.68 bits per heavy atom. The summed E-state index contributed by atoms with van der Waals surface area (Å²) in [5.41, 5.74) is -0.00775. The van der Waals surface area contributed by atoms with Gasteiger partial charge < -0.3 is 14.2 Å². The Morgan fingerprint density at radius 1 is 1.00 bits per heavy atom. The molecule has 0 aliphatic carbocycles. The molecular formula is C16H26O6. The molecule has 0 bridgehead atoms. The number of hydrogen-bond acceptors (Lipinski definition) is 6. The van der Waals surface area contributed by atoms with Crippen LogP contribution in [0.25, 0.3) is 0 Å². The highest BCUT2D eigenvalue weighted by atomic mass is 16.6. The molecule has 0 aliphatic heterocycles. The van der Waals surface area contributed by atoms with Crippen LogP contribution in [0.5, 0.6) is 0 Å². The molecule has 0 aromatic rings. The van der Waals surface area contributed by atoms with E-state index in [1.54, 1.807) is 13.8 Å². The van der Waals surface area contributed by atoms with Crippen LogP contribution in [0, 0.1) is 0 Å². The molecule has 0 saturated carbocycles. The highest BCUT2D eigenvalue weighted by Crippen LogP contribution is 2.05. The van der Waals surface area contributed by atoms with E-state index >= 15 is 0 Å². The monoisotopic (exact) mass is 314 g/mol. The van der Waals surface area contributed by atoms with Crippen molar-refractivity contribution in [2.45, 2.75) is 59.0 Å². The van der Waals surface area contributed by atoms with Crippen molar-refractivity contribution in [3.8, 4) is 0 Å². The minimum Gasteiger partial charge on any atom is -0.463 e. The van der Waals surface area contributed by atoms with Crippen molar-refractivity contribution < 1.29 is 28.6 Å². The molecule has 6 nitrogen and oxygen atoms in total. The van der Waals surface area contributed by atoms with Gasteiger partial charge in [0.25, 0.3) is 0 Å². The maximum atomic E-state index is 11.5. The summed E-state index contributed by atoms with van der Waals surface area (Å²) in [7, 11) is 0. The summed E-state index contributed by atoms with van der Waals surface area (Å²) < 4.78 is 14.5. The molecule has 0 amide bonds. The number of carbonyl (C=O) groups is 3. The molecule has 0 heterocycles. The van der Waals surface area contributed by atoms with Crippen LogP contribution in [0.2, 0.25) is 0 Å². The third-order valence-corrected chi connectivity index (χ3v) is 2.60. The van der Waals surface area contributed by atoms with E-state index in [4.69, 9.17) is 14.2 Å². The molecule has 0 aromatic carbocycles. The van der Waals surface area contributed by atoms with Crippen molar-refractivity contribution in [3.05, 3.63) is 12.2 Å². The zero-order chi connectivity index (χ0) is 17.0. The van der Waals surface area contributed by atoms with Crippen LogP contribution in [0.4, 0.5) is 0 Å². The summed E-state index contributed by atoms with van der Waals surface area (Å²) >= 11 is 0. The molecule has 0 atom stereocenters. The van der Waals surface area contributed by atoms with E-state index in [1.165, 1.54) is 0 Å². The summed E-state index contributed by atoms with van der Waals surface area (Å²) in [4.78, 5) is 34.2. The number of esters is 3. The van der Waals surface area contributed by atoms with Crippen LogP contribution < -0.4 is 0 Å². The van der Waals surface area contributed by atoms with Gasteiger partial charge in [-0.2, -0.15) is 0 Å². The Hall–Kier alpha value is -1.85. The zero-order valence-corrected chi connectivity index (χ0v) is 13.7. The fraction of sp³-hybridized carbons (Fsp3) is 0.688. The van der Waals surface area contributed by atoms with Crippen molar-refractivity contribution in [1.29, 1.82) is 0 Å². The first-order chi connectivity index (χ1) is 10.4. The molecule has 0 unspecified atom stereocenters. The van der Waals surface area contributed by atoms with Crippen LogP contribution >= 0.6 is 0 Å². The average molecular weight is 314 g/mol. The number of rotatable bonds is 11. The number of hydrogen-bond donors (Lipinski definition) is 0. The minimum atomic E-state index is -0.714. The Balaban J connectivity index is 3.82. The van der Waals surface area contributed by atoms with E-state index in [-0.39, 0.29) is 18.1 Å². The highest BCUT2D eigenvalue weighted by Gasteiger charge is 2.16. The molecule has 126 valence electrons. The van der Waals surface area contributed by atoms with Crippen LogP contribution in [0.1, 0.15) is 52.9 Å². The van der Waals surface area contributed by atoms with Gasteiger partial charge in [-0.3, -0.25) is 4.79 Å². The Labute approximate surface area is 131 Å². The minimum absolute atomic E-state index is 0.00775. The molecule has 6 heteroatoms. The summed E-state index contributed by atoms with van der Waals surface area (Å²) in [6, 6.07) is 0. The van der Waals surface area contributed by atoms with Gasteiger partial charge in [0.15, 0.2) is 6.61 Å². The number of unbranched alkanes of at least 4 members (excludes halogenated alkanes) is 3. The van der Waals surface area contributed by atoms with Crippen molar-refractivity contribution >= 4 is 17.9 Å². The zero-order valence-electron chi connectivity index (χ0n) is 13.7. The largest absolute Gasteiger partial charge is 0.463 e. The Bertz CT molecular complexity index is 386. The normalized spacial score (nSPS) is 10.2. The molecule has 0 fully saturated rings. The summed E-state index contributed by atoms with van der Waals surface area (Å²) in [6.45, 7) is 8.81. The fourth-order valence-corrected chi connectivity index (χ4v) is 1.49. The van der Waals surface area contributed by atoms with Gasteiger partial charge in [0, 0.05) is 5.57 Å². The van der Waals surface area contributed by atoms with Crippen LogP contribution in [0.15, 0.2) is 12.2 Å². The second-order valence-electron chi connectivity index (χ2n) is 5.18. The highest BCUT2D eigenvalue weighted by molar-refractivity contribution is 5.93. The predicted molar refractivity (Wildman–Crippen MR) is 81.0 cm³/mol. The van der Waals surface area contributed by atoms with E-state index in [0.29, 0.717) is 6.61 Å². The predicted octanol–water partition coefficient (Wildman–Crippen LogP) is 2.55. The maximum Gasteiger partial charge on any atom is 0.344 e. The molecule has 0 aromatic heterocycles. The topological polar surface area (TPSA) is 78.9 Å². The Kier molecular flexibility index (Phi) is 10.8. The van der Waals surface area contributed by atoms with Gasteiger partial charge in [0.1, 0.15) is 0 Å². The smallest absolute Gasteiger partial charge is 0.344 e. The molecule has 0 saturated heterocycles. The van der Waals surface area contributed by atoms with Gasteiger partial charge in [-0.15, -0.1) is 0 Å². The van der Waals surface area contributed by atoms with Gasteiger partial charge in [0.2, 0.25) is 0 Å². The molecule has 0 rings (SSSR count). The maximum absolute atomic E-state index is 11.5. The van der Waals surface area contributed by atoms with Gasteiger partial charge in [0.05, 0.1) is 19.1 Å². The summed E-state index contributed by atoms with van der Waals surface area (Å²) in [5, 5.41) is 0. The third kappa shape index (κ3) is 10.9.